The Labute approximate surface area is 187 Å². The summed E-state index contributed by atoms with van der Waals surface area (Å²) in [6.07, 6.45) is 4.52. The Balaban J connectivity index is 1.75. The number of halogens is 2. The molecule has 0 aliphatic carbocycles. The lowest BCUT2D eigenvalue weighted by molar-refractivity contribution is 0.0526. The standard InChI is InChI=1S/C20H18Cl2N6O3/c1-4-31-19(29)13-8-23-27(10-13)20-25-16-9-24-28(17(16)18(26-20)30-3)11(2)12-5-6-14(21)15(22)7-12/h5-11H,4H2,1-3H3/t11-/m0/s1. The number of rotatable bonds is 6. The summed E-state index contributed by atoms with van der Waals surface area (Å²) in [5.74, 6) is 0.0873. The molecular weight excluding hydrogens is 443 g/mol. The Morgan fingerprint density at radius 1 is 1.16 bits per heavy atom. The van der Waals surface area contributed by atoms with Crippen LogP contribution in [-0.2, 0) is 4.74 Å². The summed E-state index contributed by atoms with van der Waals surface area (Å²) in [5, 5.41) is 9.58. The average molecular weight is 461 g/mol. The number of hydrogen-bond acceptors (Lipinski definition) is 7. The van der Waals surface area contributed by atoms with E-state index >= 15 is 0 Å². The molecule has 9 nitrogen and oxygen atoms in total. The van der Waals surface area contributed by atoms with Gasteiger partial charge in [-0.1, -0.05) is 29.3 Å². The maximum Gasteiger partial charge on any atom is 0.341 e. The number of fused-ring (bicyclic) bond motifs is 1. The zero-order chi connectivity index (χ0) is 22.1. The molecule has 3 heterocycles. The molecule has 160 valence electrons. The van der Waals surface area contributed by atoms with Gasteiger partial charge in [0.15, 0.2) is 0 Å². The van der Waals surface area contributed by atoms with Gasteiger partial charge in [0.25, 0.3) is 5.95 Å². The first kappa shape index (κ1) is 21.1. The van der Waals surface area contributed by atoms with Crippen molar-refractivity contribution in [2.75, 3.05) is 13.7 Å². The highest BCUT2D eigenvalue weighted by molar-refractivity contribution is 6.42. The van der Waals surface area contributed by atoms with Crippen molar-refractivity contribution in [3.8, 4) is 11.8 Å². The molecular formula is C20H18Cl2N6O3. The van der Waals surface area contributed by atoms with Gasteiger partial charge in [-0.3, -0.25) is 4.68 Å². The van der Waals surface area contributed by atoms with Crippen molar-refractivity contribution in [2.45, 2.75) is 19.9 Å². The van der Waals surface area contributed by atoms with Crippen LogP contribution < -0.4 is 4.74 Å². The van der Waals surface area contributed by atoms with Gasteiger partial charge >= 0.3 is 5.97 Å². The van der Waals surface area contributed by atoms with E-state index in [9.17, 15) is 4.79 Å². The van der Waals surface area contributed by atoms with Gasteiger partial charge in [0.05, 0.1) is 47.8 Å². The molecule has 0 fully saturated rings. The second-order valence-electron chi connectivity index (χ2n) is 6.60. The molecule has 1 aromatic carbocycles. The van der Waals surface area contributed by atoms with Crippen molar-refractivity contribution in [1.29, 1.82) is 0 Å². The smallest absolute Gasteiger partial charge is 0.341 e. The second kappa shape index (κ2) is 8.52. The monoisotopic (exact) mass is 460 g/mol. The zero-order valence-electron chi connectivity index (χ0n) is 16.9. The molecule has 0 amide bonds. The third-order valence-corrected chi connectivity index (χ3v) is 5.42. The third kappa shape index (κ3) is 3.94. The Bertz CT molecular complexity index is 1270. The Kier molecular flexibility index (Phi) is 5.79. The molecule has 0 aliphatic rings. The lowest BCUT2D eigenvalue weighted by atomic mass is 10.1. The summed E-state index contributed by atoms with van der Waals surface area (Å²) in [7, 11) is 1.51. The molecule has 0 bridgehead atoms. The van der Waals surface area contributed by atoms with Gasteiger partial charge < -0.3 is 9.47 Å². The average Bonchev–Trinajstić information content (AvgIpc) is 3.42. The van der Waals surface area contributed by atoms with E-state index in [0.29, 0.717) is 32.5 Å². The highest BCUT2D eigenvalue weighted by Gasteiger charge is 2.21. The summed E-state index contributed by atoms with van der Waals surface area (Å²) in [4.78, 5) is 20.9. The van der Waals surface area contributed by atoms with Crippen molar-refractivity contribution >= 4 is 40.2 Å². The lowest BCUT2D eigenvalue weighted by Crippen LogP contribution is -2.11. The van der Waals surface area contributed by atoms with E-state index in [-0.39, 0.29) is 18.6 Å². The Morgan fingerprint density at radius 2 is 1.97 bits per heavy atom. The van der Waals surface area contributed by atoms with Gasteiger partial charge in [0.1, 0.15) is 11.0 Å². The van der Waals surface area contributed by atoms with E-state index in [1.165, 1.54) is 24.2 Å². The number of benzene rings is 1. The molecule has 0 unspecified atom stereocenters. The normalized spacial score (nSPS) is 12.2. The molecule has 0 saturated carbocycles. The first-order valence-electron chi connectivity index (χ1n) is 9.39. The van der Waals surface area contributed by atoms with E-state index in [4.69, 9.17) is 32.7 Å². The van der Waals surface area contributed by atoms with E-state index in [1.54, 1.807) is 29.9 Å². The quantitative estimate of drug-likeness (QED) is 0.399. The number of ether oxygens (including phenoxy) is 2. The largest absolute Gasteiger partial charge is 0.479 e. The maximum atomic E-state index is 11.9. The van der Waals surface area contributed by atoms with Crippen LogP contribution in [0.3, 0.4) is 0 Å². The number of esters is 1. The number of nitrogens with zero attached hydrogens (tertiary/aromatic N) is 6. The molecule has 0 N–H and O–H groups in total. The topological polar surface area (TPSA) is 97.0 Å². The van der Waals surface area contributed by atoms with E-state index in [2.05, 4.69) is 20.2 Å². The summed E-state index contributed by atoms with van der Waals surface area (Å²) in [6, 6.07) is 5.24. The molecule has 4 aromatic rings. The van der Waals surface area contributed by atoms with Crippen molar-refractivity contribution in [2.24, 2.45) is 0 Å². The number of hydrogen-bond donors (Lipinski definition) is 0. The molecule has 11 heteroatoms. The zero-order valence-corrected chi connectivity index (χ0v) is 18.4. The predicted octanol–water partition coefficient (Wildman–Crippen LogP) is 4.11. The van der Waals surface area contributed by atoms with Crippen LogP contribution in [-0.4, -0.2) is 49.2 Å². The SMILES string of the molecule is CCOC(=O)c1cnn(-c2nc(OC)c3c(cnn3[C@@H](C)c3ccc(Cl)c(Cl)c3)n2)c1. The number of carbonyl (C=O) groups is 1. The summed E-state index contributed by atoms with van der Waals surface area (Å²) in [6.45, 7) is 3.98. The van der Waals surface area contributed by atoms with Crippen molar-refractivity contribution in [3.63, 3.8) is 0 Å². The van der Waals surface area contributed by atoms with Gasteiger partial charge in [0.2, 0.25) is 5.88 Å². The first-order valence-corrected chi connectivity index (χ1v) is 10.1. The number of carbonyl (C=O) groups excluding carboxylic acids is 1. The molecule has 4 rings (SSSR count). The van der Waals surface area contributed by atoms with Crippen LogP contribution >= 0.6 is 23.2 Å². The molecule has 0 spiro atoms. The third-order valence-electron chi connectivity index (χ3n) is 4.69. The van der Waals surface area contributed by atoms with Crippen LogP contribution in [0.4, 0.5) is 0 Å². The second-order valence-corrected chi connectivity index (χ2v) is 7.41. The fourth-order valence-electron chi connectivity index (χ4n) is 3.12. The summed E-state index contributed by atoms with van der Waals surface area (Å²) in [5.41, 5.74) is 2.38. The Hall–Kier alpha value is -3.17. The van der Waals surface area contributed by atoms with Gasteiger partial charge in [-0.15, -0.1) is 0 Å². The van der Waals surface area contributed by atoms with Crippen LogP contribution in [0.1, 0.15) is 35.8 Å². The minimum absolute atomic E-state index is 0.185. The van der Waals surface area contributed by atoms with Crippen LogP contribution in [0.15, 0.2) is 36.8 Å². The van der Waals surface area contributed by atoms with Crippen LogP contribution in [0.2, 0.25) is 10.0 Å². The predicted molar refractivity (Wildman–Crippen MR) is 115 cm³/mol. The number of methoxy groups -OCH3 is 1. The van der Waals surface area contributed by atoms with Gasteiger partial charge in [-0.2, -0.15) is 15.2 Å². The van der Waals surface area contributed by atoms with Crippen molar-refractivity contribution < 1.29 is 14.3 Å². The minimum atomic E-state index is -0.468. The molecule has 3 aromatic heterocycles. The molecule has 0 aliphatic heterocycles. The highest BCUT2D eigenvalue weighted by atomic mass is 35.5. The Morgan fingerprint density at radius 3 is 2.68 bits per heavy atom. The van der Waals surface area contributed by atoms with Crippen LogP contribution in [0, 0.1) is 0 Å². The minimum Gasteiger partial charge on any atom is -0.479 e. The van der Waals surface area contributed by atoms with Crippen molar-refractivity contribution in [3.05, 3.63) is 58.0 Å². The molecule has 0 saturated heterocycles. The molecule has 31 heavy (non-hydrogen) atoms. The van der Waals surface area contributed by atoms with Gasteiger partial charge in [-0.25, -0.2) is 14.5 Å². The highest BCUT2D eigenvalue weighted by Crippen LogP contribution is 2.31. The summed E-state index contributed by atoms with van der Waals surface area (Å²) >= 11 is 12.2. The van der Waals surface area contributed by atoms with E-state index < -0.39 is 5.97 Å². The fourth-order valence-corrected chi connectivity index (χ4v) is 3.43. The van der Waals surface area contributed by atoms with E-state index in [0.717, 1.165) is 5.56 Å². The molecule has 1 atom stereocenters. The molecule has 0 radical (unpaired) electrons. The maximum absolute atomic E-state index is 11.9. The van der Waals surface area contributed by atoms with Crippen LogP contribution in [0.5, 0.6) is 5.88 Å². The van der Waals surface area contributed by atoms with Gasteiger partial charge in [0, 0.05) is 6.20 Å². The fraction of sp³-hybridized carbons (Fsp3) is 0.250. The lowest BCUT2D eigenvalue weighted by Gasteiger charge is -2.16. The number of aromatic nitrogens is 6. The van der Waals surface area contributed by atoms with E-state index in [1.807, 2.05) is 13.0 Å². The first-order chi connectivity index (χ1) is 14.9. The van der Waals surface area contributed by atoms with Crippen molar-refractivity contribution in [1.82, 2.24) is 29.5 Å². The van der Waals surface area contributed by atoms with Gasteiger partial charge in [-0.05, 0) is 31.5 Å². The van der Waals surface area contributed by atoms with Crippen LogP contribution in [0.25, 0.3) is 17.0 Å². The summed E-state index contributed by atoms with van der Waals surface area (Å²) < 4.78 is 13.6.